The van der Waals surface area contributed by atoms with Gasteiger partial charge in [-0.25, -0.2) is 0 Å². The van der Waals surface area contributed by atoms with Crippen LogP contribution in [0.4, 0.5) is 0 Å². The summed E-state index contributed by atoms with van der Waals surface area (Å²) < 4.78 is 0.802. The highest BCUT2D eigenvalue weighted by atomic mass is 79.9. The minimum Gasteiger partial charge on any atom is -0.197 e. The van der Waals surface area contributed by atoms with E-state index < -0.39 is 0 Å². The molecule has 0 aliphatic rings. The van der Waals surface area contributed by atoms with Gasteiger partial charge in [0, 0.05) is 9.37 Å². The number of hydrogen-bond acceptors (Lipinski definition) is 2. The highest BCUT2D eigenvalue weighted by Gasteiger charge is 2.26. The molecule has 0 atom stereocenters. The van der Waals surface area contributed by atoms with Crippen LogP contribution in [0.25, 0.3) is 0 Å². The smallest absolute Gasteiger partial charge is 0.106 e. The minimum atomic E-state index is -0.270. The molecule has 0 bridgehead atoms. The molecular formula is C12H14BrNS. The highest BCUT2D eigenvalue weighted by molar-refractivity contribution is 9.10. The molecular weight excluding hydrogens is 270 g/mol. The van der Waals surface area contributed by atoms with E-state index in [1.807, 2.05) is 24.3 Å². The largest absolute Gasteiger partial charge is 0.197 e. The SMILES string of the molecule is CCC(C#N)(CC)Sc1ccc(Br)cc1. The van der Waals surface area contributed by atoms with Gasteiger partial charge in [-0.05, 0) is 37.1 Å². The number of benzene rings is 1. The van der Waals surface area contributed by atoms with Crippen LogP contribution in [0, 0.1) is 11.3 Å². The van der Waals surface area contributed by atoms with Crippen molar-refractivity contribution in [3.05, 3.63) is 28.7 Å². The maximum Gasteiger partial charge on any atom is 0.106 e. The average Bonchev–Trinajstić information content (AvgIpc) is 2.29. The van der Waals surface area contributed by atoms with Gasteiger partial charge in [0.2, 0.25) is 0 Å². The minimum absolute atomic E-state index is 0.270. The second-order valence-corrected chi connectivity index (χ2v) is 5.74. The Bertz CT molecular complexity index is 349. The fourth-order valence-electron chi connectivity index (χ4n) is 1.30. The summed E-state index contributed by atoms with van der Waals surface area (Å²) in [6.45, 7) is 4.14. The Balaban J connectivity index is 2.84. The maximum atomic E-state index is 9.21. The summed E-state index contributed by atoms with van der Waals surface area (Å²) in [6, 6.07) is 10.5. The number of thioether (sulfide) groups is 1. The predicted octanol–water partition coefficient (Wildman–Crippen LogP) is 4.62. The Hall–Kier alpha value is -0.460. The van der Waals surface area contributed by atoms with Crippen LogP contribution in [0.15, 0.2) is 33.6 Å². The molecule has 0 aliphatic heterocycles. The van der Waals surface area contributed by atoms with Crippen LogP contribution in [0.2, 0.25) is 0 Å². The summed E-state index contributed by atoms with van der Waals surface area (Å²) in [4.78, 5) is 1.16. The number of nitrogens with zero attached hydrogens (tertiary/aromatic N) is 1. The van der Waals surface area contributed by atoms with Crippen LogP contribution >= 0.6 is 27.7 Å². The quantitative estimate of drug-likeness (QED) is 0.753. The van der Waals surface area contributed by atoms with Gasteiger partial charge in [0.15, 0.2) is 0 Å². The van der Waals surface area contributed by atoms with E-state index in [9.17, 15) is 5.26 Å². The zero-order chi connectivity index (χ0) is 11.3. The van der Waals surface area contributed by atoms with Gasteiger partial charge in [0.1, 0.15) is 4.75 Å². The molecule has 0 fully saturated rings. The first-order chi connectivity index (χ1) is 7.15. The van der Waals surface area contributed by atoms with Crippen molar-refractivity contribution in [2.24, 2.45) is 0 Å². The van der Waals surface area contributed by atoms with E-state index in [1.165, 1.54) is 0 Å². The molecule has 0 amide bonds. The molecule has 0 aromatic heterocycles. The van der Waals surface area contributed by atoms with E-state index in [0.717, 1.165) is 22.2 Å². The van der Waals surface area contributed by atoms with Gasteiger partial charge in [-0.15, -0.1) is 11.8 Å². The molecule has 80 valence electrons. The molecule has 0 heterocycles. The third kappa shape index (κ3) is 3.25. The third-order valence-corrected chi connectivity index (χ3v) is 4.57. The Labute approximate surface area is 104 Å². The summed E-state index contributed by atoms with van der Waals surface area (Å²) in [6.07, 6.45) is 1.75. The summed E-state index contributed by atoms with van der Waals surface area (Å²) in [5.74, 6) is 0. The van der Waals surface area contributed by atoms with Crippen molar-refractivity contribution in [3.8, 4) is 6.07 Å². The molecule has 15 heavy (non-hydrogen) atoms. The lowest BCUT2D eigenvalue weighted by Crippen LogP contribution is -2.19. The first-order valence-corrected chi connectivity index (χ1v) is 6.62. The van der Waals surface area contributed by atoms with Crippen molar-refractivity contribution in [1.82, 2.24) is 0 Å². The Kier molecular flexibility index (Phi) is 4.69. The number of nitriles is 1. The van der Waals surface area contributed by atoms with Crippen LogP contribution in [0.5, 0.6) is 0 Å². The lowest BCUT2D eigenvalue weighted by Gasteiger charge is -2.22. The molecule has 1 rings (SSSR count). The Morgan fingerprint density at radius 1 is 1.27 bits per heavy atom. The van der Waals surface area contributed by atoms with Crippen molar-refractivity contribution in [3.63, 3.8) is 0 Å². The average molecular weight is 284 g/mol. The Morgan fingerprint density at radius 3 is 2.20 bits per heavy atom. The van der Waals surface area contributed by atoms with Gasteiger partial charge in [-0.3, -0.25) is 0 Å². The maximum absolute atomic E-state index is 9.21. The van der Waals surface area contributed by atoms with Gasteiger partial charge in [-0.2, -0.15) is 5.26 Å². The molecule has 0 N–H and O–H groups in total. The second-order valence-electron chi connectivity index (χ2n) is 3.37. The molecule has 0 saturated carbocycles. The topological polar surface area (TPSA) is 23.8 Å². The number of halogens is 1. The zero-order valence-electron chi connectivity index (χ0n) is 8.96. The van der Waals surface area contributed by atoms with Crippen molar-refractivity contribution in [1.29, 1.82) is 5.26 Å². The second kappa shape index (κ2) is 5.58. The Morgan fingerprint density at radius 2 is 1.80 bits per heavy atom. The van der Waals surface area contributed by atoms with Crippen LogP contribution in [0.1, 0.15) is 26.7 Å². The first-order valence-electron chi connectivity index (χ1n) is 5.01. The van der Waals surface area contributed by atoms with E-state index in [2.05, 4.69) is 35.8 Å². The fraction of sp³-hybridized carbons (Fsp3) is 0.417. The van der Waals surface area contributed by atoms with Crippen molar-refractivity contribution < 1.29 is 0 Å². The van der Waals surface area contributed by atoms with Crippen LogP contribution in [0.3, 0.4) is 0 Å². The summed E-state index contributed by atoms with van der Waals surface area (Å²) >= 11 is 5.06. The van der Waals surface area contributed by atoms with E-state index in [0.29, 0.717) is 0 Å². The van der Waals surface area contributed by atoms with E-state index in [-0.39, 0.29) is 4.75 Å². The van der Waals surface area contributed by atoms with Crippen LogP contribution < -0.4 is 0 Å². The molecule has 0 aliphatic carbocycles. The van der Waals surface area contributed by atoms with Crippen LogP contribution in [-0.4, -0.2) is 4.75 Å². The first kappa shape index (κ1) is 12.6. The van der Waals surface area contributed by atoms with Crippen molar-refractivity contribution >= 4 is 27.7 Å². The number of hydrogen-bond donors (Lipinski definition) is 0. The molecule has 3 heteroatoms. The molecule has 0 radical (unpaired) electrons. The van der Waals surface area contributed by atoms with Crippen LogP contribution in [-0.2, 0) is 0 Å². The van der Waals surface area contributed by atoms with Crippen molar-refractivity contribution in [2.45, 2.75) is 36.3 Å². The third-order valence-electron chi connectivity index (χ3n) is 2.47. The van der Waals surface area contributed by atoms with Gasteiger partial charge >= 0.3 is 0 Å². The standard InChI is InChI=1S/C12H14BrNS/c1-3-12(4-2,9-14)15-11-7-5-10(13)6-8-11/h5-8H,3-4H2,1-2H3. The predicted molar refractivity (Wildman–Crippen MR) is 68.9 cm³/mol. The lowest BCUT2D eigenvalue weighted by molar-refractivity contribution is 0.672. The summed E-state index contributed by atoms with van der Waals surface area (Å²) in [5, 5.41) is 9.21. The normalized spacial score (nSPS) is 11.1. The van der Waals surface area contributed by atoms with Gasteiger partial charge in [0.25, 0.3) is 0 Å². The monoisotopic (exact) mass is 283 g/mol. The molecule has 1 nitrogen and oxygen atoms in total. The number of rotatable bonds is 4. The van der Waals surface area contributed by atoms with Gasteiger partial charge in [-0.1, -0.05) is 29.8 Å². The van der Waals surface area contributed by atoms with Gasteiger partial charge < -0.3 is 0 Å². The van der Waals surface area contributed by atoms with E-state index in [4.69, 9.17) is 0 Å². The molecule has 1 aromatic carbocycles. The van der Waals surface area contributed by atoms with E-state index >= 15 is 0 Å². The van der Waals surface area contributed by atoms with Crippen molar-refractivity contribution in [2.75, 3.05) is 0 Å². The highest BCUT2D eigenvalue weighted by Crippen LogP contribution is 2.38. The zero-order valence-corrected chi connectivity index (χ0v) is 11.4. The molecule has 0 spiro atoms. The lowest BCUT2D eigenvalue weighted by atomic mass is 10.1. The molecule has 0 unspecified atom stereocenters. The van der Waals surface area contributed by atoms with E-state index in [1.54, 1.807) is 11.8 Å². The fourth-order valence-corrected chi connectivity index (χ4v) is 2.63. The molecule has 0 saturated heterocycles. The molecule has 1 aromatic rings. The van der Waals surface area contributed by atoms with Gasteiger partial charge in [0.05, 0.1) is 6.07 Å². The summed E-state index contributed by atoms with van der Waals surface area (Å²) in [7, 11) is 0. The summed E-state index contributed by atoms with van der Waals surface area (Å²) in [5.41, 5.74) is 0.